The maximum Gasteiger partial charge on any atom is 0.336 e. The molecule has 13 unspecified atom stereocenters. The molecule has 0 aromatic carbocycles. The summed E-state index contributed by atoms with van der Waals surface area (Å²) >= 11 is 0. The van der Waals surface area contributed by atoms with E-state index in [1.54, 1.807) is 22.6 Å². The van der Waals surface area contributed by atoms with E-state index in [0.717, 1.165) is 0 Å². The monoisotopic (exact) mass is 1540 g/mol. The van der Waals surface area contributed by atoms with Crippen molar-refractivity contribution in [2.45, 2.75) is 361 Å². The standard InChI is InChI=1S/C82H140B2N12O14/c1-20-59(99)85-53-25-71(2,3)40-77(14,31-53)46-91-65(105)95(50-81(18)35-57(89-63(103)38-84)29-75(10,11)44-81)70(110)96(69(91)109)51-82(19)36-58(30-76(12,13)45-82)90-64(104)52(39-98)21-22-60(100)86-54-26-72(4,5)41-78(15,32-54)47-92-66(106)93(48-79(16)33-55(27-73(6,7)42-79)87-61(101)23-24-97)68(108)94(67(92)107)49-80(17)34-56(88-62(102)37-83)28-74(8,9)43-80/h52-58,97-98H,20-51,83-84H2,1-19H3,(H,85,99)(H,86,100)(H,87,101)(H,88,102)(H,89,103)(H,90,104). The van der Waals surface area contributed by atoms with Crippen LogP contribution in [0.3, 0.4) is 0 Å². The Morgan fingerprint density at radius 1 is 0.336 bits per heavy atom. The van der Waals surface area contributed by atoms with Gasteiger partial charge < -0.3 is 42.1 Å². The Morgan fingerprint density at radius 2 is 0.545 bits per heavy atom. The predicted molar refractivity (Wildman–Crippen MR) is 433 cm³/mol. The topological polar surface area (TPSA) is 347 Å². The van der Waals surface area contributed by atoms with Gasteiger partial charge in [0.1, 0.15) is 15.7 Å². The summed E-state index contributed by atoms with van der Waals surface area (Å²) in [4.78, 5) is 173. The highest BCUT2D eigenvalue weighted by Gasteiger charge is 2.51. The summed E-state index contributed by atoms with van der Waals surface area (Å²) in [5.74, 6) is -2.34. The minimum atomic E-state index is -0.990. The molecule has 13 atom stereocenters. The Balaban J connectivity index is 1.03. The largest absolute Gasteiger partial charge is 0.396 e. The number of aromatic nitrogens is 6. The Kier molecular flexibility index (Phi) is 27.0. The van der Waals surface area contributed by atoms with Crippen molar-refractivity contribution in [2.24, 2.45) is 70.9 Å². The molecule has 0 bridgehead atoms. The molecule has 28 heteroatoms. The van der Waals surface area contributed by atoms with Crippen LogP contribution in [-0.4, -0.2) is 138 Å². The molecular formula is C82H140B2N12O14. The highest BCUT2D eigenvalue weighted by molar-refractivity contribution is 6.20. The Labute approximate surface area is 654 Å². The Morgan fingerprint density at radius 3 is 0.755 bits per heavy atom. The van der Waals surface area contributed by atoms with Gasteiger partial charge in [-0.1, -0.05) is 132 Å². The maximum atomic E-state index is 15.4. The highest BCUT2D eigenvalue weighted by atomic mass is 16.3. The number of nitrogens with zero attached hydrogens (tertiary/aromatic N) is 6. The number of amides is 6. The SMILES string of the molecule is BCC(=O)NC1CC(C)(C)CC(C)(Cn2c(=O)n(CC3(C)CC(NC(=O)CCO)CC(C)(C)C3)c(=O)n(CC3(C)CC(NC(=O)CCC(CO)C(=O)NC4CC(C)(C)CC(C)(Cn5c(=O)n(CC6(C)CC(NC(=O)CB)CC(C)(C)C6)c(=O)n(CC6(C)CC(NC(=O)CC)CC(C)(C)C6)c5=O)C4)CC(C)(C)C3)c2=O)C1. The summed E-state index contributed by atoms with van der Waals surface area (Å²) in [5.41, 5.74) is -10.6. The fourth-order valence-corrected chi connectivity index (χ4v) is 24.2. The summed E-state index contributed by atoms with van der Waals surface area (Å²) in [6.45, 7) is 38.1. The lowest BCUT2D eigenvalue weighted by molar-refractivity contribution is -0.129. The van der Waals surface area contributed by atoms with Crippen molar-refractivity contribution in [1.82, 2.24) is 59.3 Å². The molecule has 618 valence electrons. The number of hydrogen-bond donors (Lipinski definition) is 8. The van der Waals surface area contributed by atoms with Crippen molar-refractivity contribution in [3.63, 3.8) is 0 Å². The lowest BCUT2D eigenvalue weighted by Crippen LogP contribution is -2.60. The van der Waals surface area contributed by atoms with Gasteiger partial charge in [0.25, 0.3) is 0 Å². The fraction of sp³-hybridized carbons (Fsp3) is 0.854. The normalized spacial score (nSPS) is 31.8. The molecule has 6 fully saturated rings. The predicted octanol–water partition coefficient (Wildman–Crippen LogP) is 5.85. The molecule has 8 rings (SSSR count). The number of nitrogens with one attached hydrogen (secondary N) is 6. The summed E-state index contributed by atoms with van der Waals surface area (Å²) in [6, 6.07) is -1.86. The van der Waals surface area contributed by atoms with Crippen molar-refractivity contribution in [3.8, 4) is 0 Å². The zero-order valence-corrected chi connectivity index (χ0v) is 71.1. The van der Waals surface area contributed by atoms with Gasteiger partial charge in [0, 0.05) is 94.8 Å². The number of hydrogen-bond acceptors (Lipinski definition) is 14. The van der Waals surface area contributed by atoms with Crippen molar-refractivity contribution in [1.29, 1.82) is 0 Å². The van der Waals surface area contributed by atoms with Crippen LogP contribution < -0.4 is 66.0 Å². The fourth-order valence-electron chi connectivity index (χ4n) is 24.2. The highest BCUT2D eigenvalue weighted by Crippen LogP contribution is 2.53. The molecule has 26 nitrogen and oxygen atoms in total. The van der Waals surface area contributed by atoms with Gasteiger partial charge in [0.15, 0.2) is 0 Å². The number of rotatable bonds is 28. The number of aliphatic hydroxyl groups is 2. The first-order chi connectivity index (χ1) is 50.5. The zero-order chi connectivity index (χ0) is 82.3. The summed E-state index contributed by atoms with van der Waals surface area (Å²) in [6.07, 6.45) is 10.9. The molecule has 110 heavy (non-hydrogen) atoms. The van der Waals surface area contributed by atoms with E-state index in [9.17, 15) is 39.0 Å². The summed E-state index contributed by atoms with van der Waals surface area (Å²) in [7, 11) is 3.60. The lowest BCUT2D eigenvalue weighted by Gasteiger charge is -2.48. The molecular weight excluding hydrogens is 1400 g/mol. The molecule has 2 aromatic rings. The van der Waals surface area contributed by atoms with Gasteiger partial charge in [-0.05, 0) is 200 Å². The van der Waals surface area contributed by atoms with Crippen molar-refractivity contribution in [3.05, 3.63) is 62.9 Å². The molecule has 6 amide bonds. The van der Waals surface area contributed by atoms with Gasteiger partial charge in [-0.25, -0.2) is 56.2 Å². The van der Waals surface area contributed by atoms with Crippen molar-refractivity contribution >= 4 is 51.1 Å². The molecule has 2 aromatic heterocycles. The minimum absolute atomic E-state index is 0.000760. The van der Waals surface area contributed by atoms with E-state index in [1.807, 2.05) is 41.5 Å². The van der Waals surface area contributed by atoms with Crippen LogP contribution in [0.4, 0.5) is 0 Å². The van der Waals surface area contributed by atoms with Gasteiger partial charge in [-0.3, -0.25) is 28.8 Å². The number of carbonyl (C=O) groups excluding carboxylic acids is 6. The third-order valence-electron chi connectivity index (χ3n) is 25.5. The van der Waals surface area contributed by atoms with Crippen LogP contribution in [0, 0.1) is 70.9 Å². The second-order valence-electron chi connectivity index (χ2n) is 43.1. The molecule has 6 saturated carbocycles. The minimum Gasteiger partial charge on any atom is -0.396 e. The van der Waals surface area contributed by atoms with Crippen LogP contribution in [0.5, 0.6) is 0 Å². The molecule has 0 spiro atoms. The third kappa shape index (κ3) is 23.0. The van der Waals surface area contributed by atoms with Crippen LogP contribution in [0.2, 0.25) is 12.6 Å². The molecule has 0 radical (unpaired) electrons. The molecule has 6 aliphatic rings. The van der Waals surface area contributed by atoms with Crippen molar-refractivity contribution in [2.75, 3.05) is 13.2 Å². The first kappa shape index (κ1) is 89.2. The maximum absolute atomic E-state index is 15.4. The van der Waals surface area contributed by atoms with E-state index >= 15 is 28.8 Å². The lowest BCUT2D eigenvalue weighted by atomic mass is 9.62. The van der Waals surface area contributed by atoms with E-state index in [-0.39, 0.29) is 141 Å². The van der Waals surface area contributed by atoms with Gasteiger partial charge in [-0.2, -0.15) is 0 Å². The first-order valence-corrected chi connectivity index (χ1v) is 41.4. The van der Waals surface area contributed by atoms with E-state index in [1.165, 1.54) is 27.4 Å². The van der Waals surface area contributed by atoms with Crippen LogP contribution >= 0.6 is 0 Å². The van der Waals surface area contributed by atoms with Crippen LogP contribution in [0.25, 0.3) is 0 Å². The molecule has 0 saturated heterocycles. The van der Waals surface area contributed by atoms with E-state index < -0.39 is 108 Å². The smallest absolute Gasteiger partial charge is 0.336 e. The Bertz CT molecular complexity index is 4030. The third-order valence-corrected chi connectivity index (χ3v) is 25.5. The van der Waals surface area contributed by atoms with E-state index in [0.29, 0.717) is 135 Å². The number of aliphatic hydroxyl groups excluding tert-OH is 2. The van der Waals surface area contributed by atoms with Crippen LogP contribution in [0.1, 0.15) is 273 Å². The molecule has 2 heterocycles. The number of carbonyl (C=O) groups is 6. The second-order valence-corrected chi connectivity index (χ2v) is 43.1. The molecule has 8 N–H and O–H groups in total. The van der Waals surface area contributed by atoms with E-state index in [4.69, 9.17) is 0 Å². The van der Waals surface area contributed by atoms with E-state index in [2.05, 4.69) is 115 Å². The zero-order valence-electron chi connectivity index (χ0n) is 71.1. The summed E-state index contributed by atoms with van der Waals surface area (Å²) in [5, 5.41) is 39.6. The average molecular weight is 1540 g/mol. The second kappa shape index (κ2) is 33.3. The van der Waals surface area contributed by atoms with Gasteiger partial charge >= 0.3 is 34.1 Å². The first-order valence-electron chi connectivity index (χ1n) is 41.4. The van der Waals surface area contributed by atoms with Crippen molar-refractivity contribution < 1.29 is 39.0 Å². The Hall–Kier alpha value is -6.31. The molecule has 0 aliphatic heterocycles. The average Bonchev–Trinajstić information content (AvgIpc) is 0.747. The van der Waals surface area contributed by atoms with Gasteiger partial charge in [0.2, 0.25) is 35.4 Å². The van der Waals surface area contributed by atoms with Gasteiger partial charge in [0.05, 0.1) is 19.1 Å². The quantitative estimate of drug-likeness (QED) is 0.0464. The van der Waals surface area contributed by atoms with Crippen LogP contribution in [0.15, 0.2) is 28.8 Å². The van der Waals surface area contributed by atoms with Gasteiger partial charge in [-0.15, -0.1) is 0 Å². The summed E-state index contributed by atoms with van der Waals surface area (Å²) < 4.78 is 7.35. The van der Waals surface area contributed by atoms with Crippen LogP contribution in [-0.2, 0) is 68.0 Å². The molecule has 6 aliphatic carbocycles.